The summed E-state index contributed by atoms with van der Waals surface area (Å²) in [5.41, 5.74) is 0. The number of carbonyl (C=O) groups excluding carboxylic acids is 1. The van der Waals surface area contributed by atoms with Gasteiger partial charge in [-0.05, 0) is 12.8 Å². The van der Waals surface area contributed by atoms with E-state index in [1.54, 1.807) is 0 Å². The van der Waals surface area contributed by atoms with Crippen molar-refractivity contribution in [3.63, 3.8) is 0 Å². The van der Waals surface area contributed by atoms with Crippen LogP contribution in [0.15, 0.2) is 0 Å². The molecule has 1 unspecified atom stereocenters. The van der Waals surface area contributed by atoms with Gasteiger partial charge in [0.2, 0.25) is 6.23 Å². The summed E-state index contributed by atoms with van der Waals surface area (Å²) in [6.45, 7) is 4.74. The van der Waals surface area contributed by atoms with Crippen LogP contribution in [-0.4, -0.2) is 43.2 Å². The van der Waals surface area contributed by atoms with Crippen molar-refractivity contribution in [2.45, 2.75) is 123 Å². The van der Waals surface area contributed by atoms with Gasteiger partial charge in [-0.15, -0.1) is 11.6 Å². The van der Waals surface area contributed by atoms with Crippen LogP contribution in [0.25, 0.3) is 0 Å². The Morgan fingerprint density at radius 1 is 0.750 bits per heavy atom. The van der Waals surface area contributed by atoms with Crippen LogP contribution in [-0.2, 0) is 9.53 Å². The number of hydrogen-bond acceptors (Lipinski definition) is 2. The van der Waals surface area contributed by atoms with Crippen molar-refractivity contribution in [3.05, 3.63) is 0 Å². The number of nitrogens with zero attached hydrogens (tertiary/aromatic N) is 1. The second kappa shape index (κ2) is 18.7. The molecule has 0 aromatic heterocycles. The van der Waals surface area contributed by atoms with Crippen LogP contribution in [0.2, 0.25) is 0 Å². The van der Waals surface area contributed by atoms with Crippen molar-refractivity contribution in [3.8, 4) is 0 Å². The van der Waals surface area contributed by atoms with Gasteiger partial charge in [-0.25, -0.2) is 0 Å². The largest absolute Gasteiger partial charge is 0.411 e. The molecule has 0 radical (unpaired) electrons. The van der Waals surface area contributed by atoms with E-state index < -0.39 is 0 Å². The molecule has 3 nitrogen and oxygen atoms in total. The van der Waals surface area contributed by atoms with E-state index in [0.717, 1.165) is 6.54 Å². The Bertz CT molecular complexity index is 361. The standard InChI is InChI=1S/C24H49ClNO2/c1-5-6-7-8-9-10-11-12-13-14-15-16-17-18-19-20-21-26(3,4)24(22-25)28-23(2)27/h24H,5-22H2,1-4H3/q+1. The molecule has 0 aliphatic rings. The lowest BCUT2D eigenvalue weighted by molar-refractivity contribution is -0.932. The molecule has 4 heteroatoms. The molecule has 0 N–H and O–H groups in total. The lowest BCUT2D eigenvalue weighted by atomic mass is 10.0. The first-order chi connectivity index (χ1) is 13.4. The summed E-state index contributed by atoms with van der Waals surface area (Å²) >= 11 is 5.98. The van der Waals surface area contributed by atoms with E-state index in [9.17, 15) is 4.79 Å². The third kappa shape index (κ3) is 16.7. The Hall–Kier alpha value is -0.280. The molecule has 0 amide bonds. The molecule has 0 bridgehead atoms. The van der Waals surface area contributed by atoms with Gasteiger partial charge in [0.15, 0.2) is 0 Å². The predicted octanol–water partition coefficient (Wildman–Crippen LogP) is 7.45. The van der Waals surface area contributed by atoms with E-state index in [-0.39, 0.29) is 12.2 Å². The van der Waals surface area contributed by atoms with Crippen LogP contribution in [0.5, 0.6) is 0 Å². The number of unbranched alkanes of at least 4 members (excludes halogenated alkanes) is 15. The van der Waals surface area contributed by atoms with Gasteiger partial charge in [0.25, 0.3) is 0 Å². The molecule has 0 rings (SSSR count). The maximum Gasteiger partial charge on any atom is 0.307 e. The molecule has 28 heavy (non-hydrogen) atoms. The van der Waals surface area contributed by atoms with Crippen molar-refractivity contribution in [2.75, 3.05) is 26.5 Å². The van der Waals surface area contributed by atoms with Gasteiger partial charge in [0, 0.05) is 6.92 Å². The normalized spacial score (nSPS) is 12.9. The second-order valence-corrected chi connectivity index (χ2v) is 9.33. The number of rotatable bonds is 20. The minimum atomic E-state index is -0.246. The number of alkyl halides is 1. The van der Waals surface area contributed by atoms with E-state index >= 15 is 0 Å². The van der Waals surface area contributed by atoms with Crippen LogP contribution in [0, 0.1) is 0 Å². The quantitative estimate of drug-likeness (QED) is 0.0674. The van der Waals surface area contributed by atoms with E-state index in [1.165, 1.54) is 110 Å². The Morgan fingerprint density at radius 2 is 1.11 bits per heavy atom. The second-order valence-electron chi connectivity index (χ2n) is 9.02. The summed E-state index contributed by atoms with van der Waals surface area (Å²) in [4.78, 5) is 11.2. The molecule has 0 saturated heterocycles. The number of esters is 1. The molecule has 0 fully saturated rings. The van der Waals surface area contributed by atoms with Crippen molar-refractivity contribution < 1.29 is 14.0 Å². The predicted molar refractivity (Wildman–Crippen MR) is 123 cm³/mol. The molecule has 0 saturated carbocycles. The van der Waals surface area contributed by atoms with Crippen LogP contribution < -0.4 is 0 Å². The summed E-state index contributed by atoms with van der Waals surface area (Å²) in [6.07, 6.45) is 21.9. The van der Waals surface area contributed by atoms with Crippen LogP contribution >= 0.6 is 11.6 Å². The highest BCUT2D eigenvalue weighted by molar-refractivity contribution is 6.18. The minimum absolute atomic E-state index is 0.240. The Balaban J connectivity index is 3.42. The lowest BCUT2D eigenvalue weighted by Crippen LogP contribution is -2.52. The lowest BCUT2D eigenvalue weighted by Gasteiger charge is -2.35. The summed E-state index contributed by atoms with van der Waals surface area (Å²) < 4.78 is 6.00. The third-order valence-corrected chi connectivity index (χ3v) is 6.07. The monoisotopic (exact) mass is 418 g/mol. The van der Waals surface area contributed by atoms with E-state index in [1.807, 2.05) is 0 Å². The van der Waals surface area contributed by atoms with Crippen LogP contribution in [0.3, 0.4) is 0 Å². The number of carbonyl (C=O) groups is 1. The number of ether oxygens (including phenoxy) is 1. The zero-order valence-electron chi connectivity index (χ0n) is 19.4. The smallest absolute Gasteiger partial charge is 0.307 e. The highest BCUT2D eigenvalue weighted by Crippen LogP contribution is 2.16. The van der Waals surface area contributed by atoms with Gasteiger partial charge < -0.3 is 4.74 Å². The van der Waals surface area contributed by atoms with E-state index in [4.69, 9.17) is 16.3 Å². The molecule has 0 spiro atoms. The molecular formula is C24H49ClNO2+. The summed E-state index contributed by atoms with van der Waals surface area (Å²) in [6, 6.07) is 0. The third-order valence-electron chi connectivity index (χ3n) is 5.80. The first kappa shape index (κ1) is 27.7. The van der Waals surface area contributed by atoms with Crippen LogP contribution in [0.4, 0.5) is 0 Å². The number of quaternary nitrogens is 1. The average molecular weight is 419 g/mol. The fourth-order valence-electron chi connectivity index (χ4n) is 3.76. The maximum atomic E-state index is 11.2. The molecule has 168 valence electrons. The summed E-state index contributed by atoms with van der Waals surface area (Å²) in [5, 5.41) is 0. The summed E-state index contributed by atoms with van der Waals surface area (Å²) in [5.74, 6) is 0.106. The topological polar surface area (TPSA) is 26.3 Å². The molecule has 0 aliphatic carbocycles. The Labute approximate surface area is 181 Å². The van der Waals surface area contributed by atoms with Gasteiger partial charge in [-0.1, -0.05) is 96.8 Å². The summed E-state index contributed by atoms with van der Waals surface area (Å²) in [7, 11) is 4.20. The zero-order chi connectivity index (χ0) is 21.1. The fraction of sp³-hybridized carbons (Fsp3) is 0.958. The van der Waals surface area contributed by atoms with Crippen molar-refractivity contribution in [1.29, 1.82) is 0 Å². The minimum Gasteiger partial charge on any atom is -0.411 e. The molecule has 0 aromatic carbocycles. The van der Waals surface area contributed by atoms with Gasteiger partial charge >= 0.3 is 5.97 Å². The zero-order valence-corrected chi connectivity index (χ0v) is 20.2. The molecular weight excluding hydrogens is 370 g/mol. The van der Waals surface area contributed by atoms with Gasteiger partial charge in [-0.2, -0.15) is 0 Å². The molecule has 0 aliphatic heterocycles. The average Bonchev–Trinajstić information content (AvgIpc) is 2.65. The van der Waals surface area contributed by atoms with Gasteiger partial charge in [0.05, 0.1) is 20.6 Å². The Kier molecular flexibility index (Phi) is 18.5. The van der Waals surface area contributed by atoms with Crippen LogP contribution in [0.1, 0.15) is 117 Å². The first-order valence-corrected chi connectivity index (χ1v) is 12.5. The molecule has 0 heterocycles. The highest BCUT2D eigenvalue weighted by Gasteiger charge is 2.29. The van der Waals surface area contributed by atoms with Crippen molar-refractivity contribution in [2.24, 2.45) is 0 Å². The Morgan fingerprint density at radius 3 is 1.43 bits per heavy atom. The van der Waals surface area contributed by atoms with Crippen molar-refractivity contribution in [1.82, 2.24) is 0 Å². The van der Waals surface area contributed by atoms with E-state index in [2.05, 4.69) is 21.0 Å². The molecule has 0 aromatic rings. The SMILES string of the molecule is CCCCCCCCCCCCCCCCCC[N+](C)(C)C(CCl)OC(C)=O. The van der Waals surface area contributed by atoms with E-state index in [0.29, 0.717) is 10.4 Å². The maximum absolute atomic E-state index is 11.2. The van der Waals surface area contributed by atoms with Gasteiger partial charge in [-0.3, -0.25) is 9.28 Å². The first-order valence-electron chi connectivity index (χ1n) is 12.0. The number of hydrogen-bond donors (Lipinski definition) is 0. The molecule has 1 atom stereocenters. The van der Waals surface area contributed by atoms with Gasteiger partial charge in [0.1, 0.15) is 5.88 Å². The number of halogens is 1. The highest BCUT2D eigenvalue weighted by atomic mass is 35.5. The fourth-order valence-corrected chi connectivity index (χ4v) is 4.20. The van der Waals surface area contributed by atoms with Crippen molar-refractivity contribution >= 4 is 17.6 Å².